The normalized spacial score (nSPS) is 16.3. The number of hydrogen-bond acceptors (Lipinski definition) is 5. The number of halogens is 1. The van der Waals surface area contributed by atoms with Gasteiger partial charge in [0.15, 0.2) is 0 Å². The summed E-state index contributed by atoms with van der Waals surface area (Å²) in [6.45, 7) is 2.92. The first-order chi connectivity index (χ1) is 12.5. The topological polar surface area (TPSA) is 61.8 Å². The van der Waals surface area contributed by atoms with Gasteiger partial charge in [-0.15, -0.1) is 0 Å². The van der Waals surface area contributed by atoms with Crippen molar-refractivity contribution in [3.05, 3.63) is 63.6 Å². The lowest BCUT2D eigenvalue weighted by atomic mass is 10.1. The number of carbonyl (C=O) groups is 2. The molecule has 2 aromatic rings. The Labute approximate surface area is 160 Å². The lowest BCUT2D eigenvalue weighted by molar-refractivity contribution is 0.0161. The van der Waals surface area contributed by atoms with E-state index in [9.17, 15) is 9.59 Å². The minimum absolute atomic E-state index is 0.00647. The van der Waals surface area contributed by atoms with E-state index >= 15 is 0 Å². The third kappa shape index (κ3) is 4.71. The van der Waals surface area contributed by atoms with Gasteiger partial charge in [-0.05, 0) is 61.7 Å². The fourth-order valence-electron chi connectivity index (χ4n) is 2.57. The maximum atomic E-state index is 12.2. The van der Waals surface area contributed by atoms with Crippen molar-refractivity contribution in [1.82, 2.24) is 0 Å². The van der Waals surface area contributed by atoms with E-state index in [-0.39, 0.29) is 12.7 Å². The van der Waals surface area contributed by atoms with Gasteiger partial charge in [0.1, 0.15) is 12.4 Å². The molecular formula is C20H19BrO5. The summed E-state index contributed by atoms with van der Waals surface area (Å²) in [5.41, 5.74) is 1.89. The average Bonchev–Trinajstić information content (AvgIpc) is 3.16. The van der Waals surface area contributed by atoms with Gasteiger partial charge in [0, 0.05) is 11.1 Å². The highest BCUT2D eigenvalue weighted by atomic mass is 79.9. The van der Waals surface area contributed by atoms with Crippen LogP contribution in [0.4, 0.5) is 0 Å². The van der Waals surface area contributed by atoms with Crippen molar-refractivity contribution in [2.24, 2.45) is 0 Å². The predicted octanol–water partition coefficient (Wildman–Crippen LogP) is 4.31. The molecule has 0 amide bonds. The van der Waals surface area contributed by atoms with Crippen LogP contribution in [0.25, 0.3) is 0 Å². The molecule has 2 aromatic carbocycles. The molecule has 1 aliphatic heterocycles. The van der Waals surface area contributed by atoms with Gasteiger partial charge in [0.2, 0.25) is 0 Å². The Kier molecular flexibility index (Phi) is 6.06. The Morgan fingerprint density at radius 1 is 1.12 bits per heavy atom. The third-order valence-electron chi connectivity index (χ3n) is 4.13. The van der Waals surface area contributed by atoms with Crippen molar-refractivity contribution in [3.8, 4) is 5.75 Å². The van der Waals surface area contributed by atoms with Gasteiger partial charge in [0.25, 0.3) is 0 Å². The van der Waals surface area contributed by atoms with E-state index in [4.69, 9.17) is 14.2 Å². The van der Waals surface area contributed by atoms with Crippen LogP contribution < -0.4 is 4.74 Å². The Bertz CT molecular complexity index is 794. The van der Waals surface area contributed by atoms with E-state index in [1.807, 2.05) is 13.0 Å². The first-order valence-corrected chi connectivity index (χ1v) is 9.19. The highest BCUT2D eigenvalue weighted by Crippen LogP contribution is 2.20. The van der Waals surface area contributed by atoms with Crippen molar-refractivity contribution in [2.45, 2.75) is 25.9 Å². The predicted molar refractivity (Wildman–Crippen MR) is 99.5 cm³/mol. The maximum Gasteiger partial charge on any atom is 0.343 e. The Balaban J connectivity index is 1.57. The third-order valence-corrected chi connectivity index (χ3v) is 4.99. The lowest BCUT2D eigenvalue weighted by Crippen LogP contribution is -2.17. The summed E-state index contributed by atoms with van der Waals surface area (Å²) < 4.78 is 16.9. The molecule has 1 saturated heterocycles. The number of esters is 2. The number of rotatable bonds is 5. The standard InChI is InChI=1S/C20H19BrO5/c1-13-4-5-15(11-18(13)21)20(23)26-16-8-6-14(7-9-16)19(22)25-12-17-3-2-10-24-17/h4-9,11,17H,2-3,10,12H2,1H3. The summed E-state index contributed by atoms with van der Waals surface area (Å²) in [7, 11) is 0. The van der Waals surface area contributed by atoms with Gasteiger partial charge in [-0.2, -0.15) is 0 Å². The van der Waals surface area contributed by atoms with Gasteiger partial charge in [0.05, 0.1) is 17.2 Å². The molecule has 1 aliphatic rings. The summed E-state index contributed by atoms with van der Waals surface area (Å²) in [5, 5.41) is 0. The van der Waals surface area contributed by atoms with Crippen LogP contribution in [0.1, 0.15) is 39.1 Å². The van der Waals surface area contributed by atoms with E-state index in [1.54, 1.807) is 36.4 Å². The zero-order chi connectivity index (χ0) is 18.5. The molecule has 6 heteroatoms. The van der Waals surface area contributed by atoms with E-state index in [0.29, 0.717) is 16.9 Å². The highest BCUT2D eigenvalue weighted by Gasteiger charge is 2.18. The molecule has 1 heterocycles. The van der Waals surface area contributed by atoms with Crippen LogP contribution in [-0.4, -0.2) is 31.3 Å². The van der Waals surface area contributed by atoms with Gasteiger partial charge in [-0.3, -0.25) is 0 Å². The smallest absolute Gasteiger partial charge is 0.343 e. The Morgan fingerprint density at radius 2 is 1.85 bits per heavy atom. The van der Waals surface area contributed by atoms with Crippen molar-refractivity contribution >= 4 is 27.9 Å². The van der Waals surface area contributed by atoms with Crippen LogP contribution in [0, 0.1) is 6.92 Å². The number of ether oxygens (including phenoxy) is 3. The van der Waals surface area contributed by atoms with Gasteiger partial charge in [-0.1, -0.05) is 22.0 Å². The van der Waals surface area contributed by atoms with Crippen LogP contribution in [0.3, 0.4) is 0 Å². The minimum atomic E-state index is -0.459. The second-order valence-corrected chi connectivity index (χ2v) is 6.97. The lowest BCUT2D eigenvalue weighted by Gasteiger charge is -2.10. The van der Waals surface area contributed by atoms with E-state index in [1.165, 1.54) is 0 Å². The molecule has 0 saturated carbocycles. The van der Waals surface area contributed by atoms with Crippen LogP contribution in [0.5, 0.6) is 5.75 Å². The molecule has 0 radical (unpaired) electrons. The number of carbonyl (C=O) groups excluding carboxylic acids is 2. The van der Waals surface area contributed by atoms with Crippen molar-refractivity contribution in [2.75, 3.05) is 13.2 Å². The summed E-state index contributed by atoms with van der Waals surface area (Å²) in [4.78, 5) is 24.2. The van der Waals surface area contributed by atoms with E-state index in [2.05, 4.69) is 15.9 Å². The largest absolute Gasteiger partial charge is 0.459 e. The molecule has 1 atom stereocenters. The summed E-state index contributed by atoms with van der Waals surface area (Å²) in [6.07, 6.45) is 1.91. The molecule has 1 fully saturated rings. The highest BCUT2D eigenvalue weighted by molar-refractivity contribution is 9.10. The van der Waals surface area contributed by atoms with Crippen LogP contribution in [0.15, 0.2) is 46.9 Å². The molecule has 3 rings (SSSR count). The van der Waals surface area contributed by atoms with Crippen LogP contribution in [-0.2, 0) is 9.47 Å². The first kappa shape index (κ1) is 18.6. The Morgan fingerprint density at radius 3 is 2.50 bits per heavy atom. The summed E-state index contributed by atoms with van der Waals surface area (Å²) in [5.74, 6) is -0.511. The number of aryl methyl sites for hydroxylation is 1. The molecule has 0 aliphatic carbocycles. The molecule has 5 nitrogen and oxygen atoms in total. The van der Waals surface area contributed by atoms with Crippen molar-refractivity contribution in [1.29, 1.82) is 0 Å². The molecular weight excluding hydrogens is 400 g/mol. The van der Waals surface area contributed by atoms with Crippen LogP contribution in [0.2, 0.25) is 0 Å². The molecule has 0 aromatic heterocycles. The molecule has 1 unspecified atom stereocenters. The minimum Gasteiger partial charge on any atom is -0.459 e. The zero-order valence-electron chi connectivity index (χ0n) is 14.4. The average molecular weight is 419 g/mol. The fourth-order valence-corrected chi connectivity index (χ4v) is 2.95. The second-order valence-electron chi connectivity index (χ2n) is 6.11. The monoisotopic (exact) mass is 418 g/mol. The van der Waals surface area contributed by atoms with Gasteiger partial charge >= 0.3 is 11.9 Å². The van der Waals surface area contributed by atoms with Gasteiger partial charge in [-0.25, -0.2) is 9.59 Å². The van der Waals surface area contributed by atoms with Crippen molar-refractivity contribution in [3.63, 3.8) is 0 Å². The Hall–Kier alpha value is -2.18. The molecule has 0 spiro atoms. The quantitative estimate of drug-likeness (QED) is 0.534. The van der Waals surface area contributed by atoms with Crippen molar-refractivity contribution < 1.29 is 23.8 Å². The SMILES string of the molecule is Cc1ccc(C(=O)Oc2ccc(C(=O)OCC3CCCO3)cc2)cc1Br. The molecule has 26 heavy (non-hydrogen) atoms. The van der Waals surface area contributed by atoms with E-state index in [0.717, 1.165) is 29.5 Å². The van der Waals surface area contributed by atoms with E-state index < -0.39 is 11.9 Å². The van der Waals surface area contributed by atoms with Crippen LogP contribution >= 0.6 is 15.9 Å². The summed E-state index contributed by atoms with van der Waals surface area (Å²) in [6, 6.07) is 11.6. The molecule has 136 valence electrons. The number of hydrogen-bond donors (Lipinski definition) is 0. The fraction of sp³-hybridized carbons (Fsp3) is 0.300. The van der Waals surface area contributed by atoms with Gasteiger partial charge < -0.3 is 14.2 Å². The summed E-state index contributed by atoms with van der Waals surface area (Å²) >= 11 is 3.40. The molecule has 0 bridgehead atoms. The zero-order valence-corrected chi connectivity index (χ0v) is 16.0. The first-order valence-electron chi connectivity index (χ1n) is 8.40. The number of benzene rings is 2. The second kappa shape index (κ2) is 8.47. The maximum absolute atomic E-state index is 12.2. The molecule has 0 N–H and O–H groups in total.